The minimum atomic E-state index is -0.280. The average Bonchev–Trinajstić information content (AvgIpc) is 2.81. The van der Waals surface area contributed by atoms with Crippen molar-refractivity contribution in [2.24, 2.45) is 0 Å². The molecule has 1 aliphatic carbocycles. The van der Waals surface area contributed by atoms with E-state index in [0.29, 0.717) is 12.1 Å². The number of likely N-dealkylation sites (N-methyl/N-ethyl adjacent to an activating group) is 1. The SMILES string of the molecule is CN1CCN(C(=O)Cn2cc(C(=O)NC3CCCCC3)ccc2=O)[C@H](c2ccccc2)C1. The standard InChI is InChI=1S/C25H32N4O3/c1-27-14-15-29(22(17-27)19-8-4-2-5-9-19)24(31)18-28-16-20(12-13-23(28)30)25(32)26-21-10-6-3-7-11-21/h2,4-5,8-9,12-13,16,21-22H,3,6-7,10-11,14-15,17-18H2,1H3,(H,26,32)/t22-/m0/s1. The van der Waals surface area contributed by atoms with Gasteiger partial charge < -0.3 is 19.7 Å². The van der Waals surface area contributed by atoms with Crippen molar-refractivity contribution in [3.05, 3.63) is 70.1 Å². The van der Waals surface area contributed by atoms with Crippen LogP contribution < -0.4 is 10.9 Å². The number of hydrogen-bond donors (Lipinski definition) is 1. The lowest BCUT2D eigenvalue weighted by Crippen LogP contribution is -2.50. The summed E-state index contributed by atoms with van der Waals surface area (Å²) in [6.07, 6.45) is 6.99. The number of benzene rings is 1. The van der Waals surface area contributed by atoms with Gasteiger partial charge in [0.2, 0.25) is 5.91 Å². The Morgan fingerprint density at radius 3 is 2.50 bits per heavy atom. The summed E-state index contributed by atoms with van der Waals surface area (Å²) in [4.78, 5) is 42.5. The number of amides is 2. The van der Waals surface area contributed by atoms with Gasteiger partial charge in [0.1, 0.15) is 6.54 Å². The van der Waals surface area contributed by atoms with Gasteiger partial charge in [0.25, 0.3) is 11.5 Å². The third-order valence-electron chi connectivity index (χ3n) is 6.58. The maximum atomic E-state index is 13.3. The van der Waals surface area contributed by atoms with Crippen LogP contribution in [0.15, 0.2) is 53.5 Å². The lowest BCUT2D eigenvalue weighted by Gasteiger charge is -2.40. The quantitative estimate of drug-likeness (QED) is 0.781. The van der Waals surface area contributed by atoms with Gasteiger partial charge in [-0.15, -0.1) is 0 Å². The average molecular weight is 437 g/mol. The molecule has 170 valence electrons. The Kier molecular flexibility index (Phi) is 7.05. The van der Waals surface area contributed by atoms with Crippen LogP contribution in [0.1, 0.15) is 54.1 Å². The molecule has 2 aromatic rings. The maximum absolute atomic E-state index is 13.3. The van der Waals surface area contributed by atoms with Crippen LogP contribution >= 0.6 is 0 Å². The zero-order chi connectivity index (χ0) is 22.5. The van der Waals surface area contributed by atoms with Gasteiger partial charge in [0, 0.05) is 37.9 Å². The molecule has 2 fully saturated rings. The van der Waals surface area contributed by atoms with Crippen molar-refractivity contribution >= 4 is 11.8 Å². The van der Waals surface area contributed by atoms with E-state index < -0.39 is 0 Å². The van der Waals surface area contributed by atoms with E-state index in [9.17, 15) is 14.4 Å². The van der Waals surface area contributed by atoms with Crippen LogP contribution in [0.5, 0.6) is 0 Å². The fourth-order valence-corrected chi connectivity index (χ4v) is 4.72. The Labute approximate surface area is 189 Å². The van der Waals surface area contributed by atoms with E-state index in [1.54, 1.807) is 6.07 Å². The number of nitrogens with zero attached hydrogens (tertiary/aromatic N) is 3. The number of carbonyl (C=O) groups excluding carboxylic acids is 2. The topological polar surface area (TPSA) is 74.7 Å². The molecule has 2 amide bonds. The first-order chi connectivity index (χ1) is 15.5. The first kappa shape index (κ1) is 22.3. The van der Waals surface area contributed by atoms with Gasteiger partial charge in [0.05, 0.1) is 11.6 Å². The Bertz CT molecular complexity index is 998. The van der Waals surface area contributed by atoms with E-state index in [1.807, 2.05) is 35.2 Å². The van der Waals surface area contributed by atoms with Gasteiger partial charge in [-0.2, -0.15) is 0 Å². The second-order valence-corrected chi connectivity index (χ2v) is 8.97. The second-order valence-electron chi connectivity index (χ2n) is 8.97. The molecule has 1 atom stereocenters. The maximum Gasteiger partial charge on any atom is 0.252 e. The summed E-state index contributed by atoms with van der Waals surface area (Å²) < 4.78 is 1.36. The molecular formula is C25H32N4O3. The zero-order valence-corrected chi connectivity index (χ0v) is 18.7. The molecule has 1 aromatic carbocycles. The van der Waals surface area contributed by atoms with Crippen LogP contribution in [-0.2, 0) is 11.3 Å². The van der Waals surface area contributed by atoms with Gasteiger partial charge in [-0.1, -0.05) is 49.6 Å². The second kappa shape index (κ2) is 10.1. The van der Waals surface area contributed by atoms with Crippen LogP contribution in [-0.4, -0.2) is 58.9 Å². The third-order valence-corrected chi connectivity index (χ3v) is 6.58. The summed E-state index contributed by atoms with van der Waals surface area (Å²) in [5.41, 5.74) is 1.22. The van der Waals surface area contributed by atoms with Gasteiger partial charge in [-0.05, 0) is 31.5 Å². The molecule has 0 radical (unpaired) electrons. The highest BCUT2D eigenvalue weighted by atomic mass is 16.2. The third kappa shape index (κ3) is 5.27. The minimum Gasteiger partial charge on any atom is -0.349 e. The molecule has 2 heterocycles. The monoisotopic (exact) mass is 436 g/mol. The van der Waals surface area contributed by atoms with Crippen molar-refractivity contribution in [2.75, 3.05) is 26.7 Å². The first-order valence-electron chi connectivity index (χ1n) is 11.6. The molecule has 1 N–H and O–H groups in total. The first-order valence-corrected chi connectivity index (χ1v) is 11.6. The lowest BCUT2D eigenvalue weighted by molar-refractivity contribution is -0.136. The molecule has 7 heteroatoms. The molecule has 1 aromatic heterocycles. The van der Waals surface area contributed by atoms with Gasteiger partial charge in [-0.25, -0.2) is 0 Å². The number of carbonyl (C=O) groups is 2. The number of aromatic nitrogens is 1. The minimum absolute atomic E-state index is 0.0593. The summed E-state index contributed by atoms with van der Waals surface area (Å²) in [6.45, 7) is 2.06. The Morgan fingerprint density at radius 2 is 1.75 bits per heavy atom. The summed E-state index contributed by atoms with van der Waals surface area (Å²) in [5, 5.41) is 3.08. The van der Waals surface area contributed by atoms with Gasteiger partial charge >= 0.3 is 0 Å². The fraction of sp³-hybridized carbons (Fsp3) is 0.480. The van der Waals surface area contributed by atoms with Crippen molar-refractivity contribution in [3.8, 4) is 0 Å². The normalized spacial score (nSPS) is 20.2. The smallest absolute Gasteiger partial charge is 0.252 e. The van der Waals surface area contributed by atoms with Gasteiger partial charge in [0.15, 0.2) is 0 Å². The zero-order valence-electron chi connectivity index (χ0n) is 18.7. The number of pyridine rings is 1. The van der Waals surface area contributed by atoms with E-state index >= 15 is 0 Å². The Hall–Kier alpha value is -2.93. The molecule has 32 heavy (non-hydrogen) atoms. The van der Waals surface area contributed by atoms with Crippen LogP contribution in [0.25, 0.3) is 0 Å². The molecule has 2 aliphatic rings. The van der Waals surface area contributed by atoms with Crippen molar-refractivity contribution in [1.82, 2.24) is 19.7 Å². The van der Waals surface area contributed by atoms with E-state index in [1.165, 1.54) is 23.3 Å². The van der Waals surface area contributed by atoms with Crippen molar-refractivity contribution < 1.29 is 9.59 Å². The highest BCUT2D eigenvalue weighted by Gasteiger charge is 2.30. The van der Waals surface area contributed by atoms with Gasteiger partial charge in [-0.3, -0.25) is 14.4 Å². The highest BCUT2D eigenvalue weighted by molar-refractivity contribution is 5.94. The summed E-state index contributed by atoms with van der Waals surface area (Å²) in [5.74, 6) is -0.293. The predicted molar refractivity (Wildman–Crippen MR) is 123 cm³/mol. The lowest BCUT2D eigenvalue weighted by atomic mass is 9.95. The van der Waals surface area contributed by atoms with E-state index in [-0.39, 0.29) is 36.0 Å². The number of rotatable bonds is 5. The highest BCUT2D eigenvalue weighted by Crippen LogP contribution is 2.25. The summed E-state index contributed by atoms with van der Waals surface area (Å²) in [7, 11) is 2.05. The number of piperazine rings is 1. The van der Waals surface area contributed by atoms with E-state index in [4.69, 9.17) is 0 Å². The van der Waals surface area contributed by atoms with Crippen LogP contribution in [0.3, 0.4) is 0 Å². The predicted octanol–water partition coefficient (Wildman–Crippen LogP) is 2.43. The Balaban J connectivity index is 1.48. The largest absolute Gasteiger partial charge is 0.349 e. The summed E-state index contributed by atoms with van der Waals surface area (Å²) in [6, 6.07) is 13.0. The molecule has 0 spiro atoms. The molecule has 1 aliphatic heterocycles. The van der Waals surface area contributed by atoms with Crippen LogP contribution in [0, 0.1) is 0 Å². The van der Waals surface area contributed by atoms with Crippen LogP contribution in [0.2, 0.25) is 0 Å². The van der Waals surface area contributed by atoms with Crippen molar-refractivity contribution in [2.45, 2.75) is 50.7 Å². The number of hydrogen-bond acceptors (Lipinski definition) is 4. The molecule has 1 saturated heterocycles. The van der Waals surface area contributed by atoms with Crippen LogP contribution in [0.4, 0.5) is 0 Å². The summed E-state index contributed by atoms with van der Waals surface area (Å²) >= 11 is 0. The molecule has 7 nitrogen and oxygen atoms in total. The van der Waals surface area contributed by atoms with Crippen molar-refractivity contribution in [3.63, 3.8) is 0 Å². The number of nitrogens with one attached hydrogen (secondary N) is 1. The molecule has 0 bridgehead atoms. The molecule has 0 unspecified atom stereocenters. The molecular weight excluding hydrogens is 404 g/mol. The Morgan fingerprint density at radius 1 is 1.00 bits per heavy atom. The fourth-order valence-electron chi connectivity index (χ4n) is 4.72. The van der Waals surface area contributed by atoms with E-state index in [2.05, 4.69) is 17.3 Å². The van der Waals surface area contributed by atoms with E-state index in [0.717, 1.165) is 44.3 Å². The molecule has 1 saturated carbocycles. The molecule has 4 rings (SSSR count). The van der Waals surface area contributed by atoms with Crippen molar-refractivity contribution in [1.29, 1.82) is 0 Å².